The molecule has 6 nitrogen and oxygen atoms in total. The number of nitrogens with zero attached hydrogens (tertiary/aromatic N) is 1. The van der Waals surface area contributed by atoms with Crippen LogP contribution in [0.1, 0.15) is 23.6 Å². The Morgan fingerprint density at radius 1 is 1.00 bits per heavy atom. The molecule has 1 aliphatic rings. The summed E-state index contributed by atoms with van der Waals surface area (Å²) in [5, 5.41) is 2.69. The van der Waals surface area contributed by atoms with Crippen LogP contribution in [-0.4, -0.2) is 24.4 Å². The molecule has 4 rings (SSSR count). The first-order valence-electron chi connectivity index (χ1n) is 10.2. The first kappa shape index (κ1) is 21.1. The second kappa shape index (κ2) is 9.75. The summed E-state index contributed by atoms with van der Waals surface area (Å²) in [7, 11) is 0. The zero-order chi connectivity index (χ0) is 22.3. The van der Waals surface area contributed by atoms with Crippen LogP contribution in [0.15, 0.2) is 89.6 Å². The second-order valence-corrected chi connectivity index (χ2v) is 7.25. The van der Waals surface area contributed by atoms with Crippen molar-refractivity contribution in [1.82, 2.24) is 0 Å². The number of ether oxygens (including phenoxy) is 2. The molecule has 0 unspecified atom stereocenters. The van der Waals surface area contributed by atoms with Gasteiger partial charge in [-0.2, -0.15) is 0 Å². The maximum Gasteiger partial charge on any atom is 0.363 e. The fourth-order valence-corrected chi connectivity index (χ4v) is 3.18. The molecule has 1 aliphatic heterocycles. The van der Waals surface area contributed by atoms with Gasteiger partial charge in [-0.05, 0) is 53.6 Å². The zero-order valence-corrected chi connectivity index (χ0v) is 17.6. The number of cyclic esters (lactones) is 1. The molecular formula is C26H22N2O4. The largest absolute Gasteiger partial charge is 0.493 e. The Balaban J connectivity index is 1.39. The summed E-state index contributed by atoms with van der Waals surface area (Å²) in [6.45, 7) is 2.03. The summed E-state index contributed by atoms with van der Waals surface area (Å²) in [6.07, 6.45) is 2.51. The lowest BCUT2D eigenvalue weighted by Gasteiger charge is -2.06. The van der Waals surface area contributed by atoms with Gasteiger partial charge in [-0.25, -0.2) is 9.79 Å². The number of hydrogen-bond acceptors (Lipinski definition) is 5. The van der Waals surface area contributed by atoms with Crippen LogP contribution in [-0.2, 0) is 20.7 Å². The van der Waals surface area contributed by atoms with Crippen LogP contribution in [0.5, 0.6) is 5.75 Å². The highest BCUT2D eigenvalue weighted by molar-refractivity contribution is 6.13. The molecule has 1 heterocycles. The molecule has 6 heteroatoms. The Kier molecular flexibility index (Phi) is 6.41. The number of anilines is 1. The normalized spacial score (nSPS) is 14.1. The van der Waals surface area contributed by atoms with Gasteiger partial charge in [0, 0.05) is 24.6 Å². The van der Waals surface area contributed by atoms with Crippen LogP contribution in [0.4, 0.5) is 5.69 Å². The standard InChI is InChI=1S/C26H22N2O4/c1-18(29)27-22-11-9-21(10-12-22)25-28-24(26(30)32-25)17-20-7-13-23(14-8-20)31-16-15-19-5-3-2-4-6-19/h2-14,17H,15-16H2,1H3,(H,27,29)/b24-17-. The maximum atomic E-state index is 12.2. The van der Waals surface area contributed by atoms with E-state index >= 15 is 0 Å². The summed E-state index contributed by atoms with van der Waals surface area (Å²) >= 11 is 0. The van der Waals surface area contributed by atoms with E-state index < -0.39 is 5.97 Å². The fourth-order valence-electron chi connectivity index (χ4n) is 3.18. The quantitative estimate of drug-likeness (QED) is 0.442. The Morgan fingerprint density at radius 2 is 1.72 bits per heavy atom. The van der Waals surface area contributed by atoms with Crippen molar-refractivity contribution in [3.8, 4) is 5.75 Å². The molecule has 0 aliphatic carbocycles. The molecule has 0 saturated heterocycles. The number of esters is 1. The van der Waals surface area contributed by atoms with Gasteiger partial charge in [0.25, 0.3) is 0 Å². The Bertz CT molecular complexity index is 1160. The topological polar surface area (TPSA) is 77.0 Å². The van der Waals surface area contributed by atoms with Crippen LogP contribution in [0.25, 0.3) is 6.08 Å². The van der Waals surface area contributed by atoms with Crippen molar-refractivity contribution in [3.05, 3.63) is 101 Å². The molecule has 32 heavy (non-hydrogen) atoms. The van der Waals surface area contributed by atoms with Crippen molar-refractivity contribution in [1.29, 1.82) is 0 Å². The van der Waals surface area contributed by atoms with Gasteiger partial charge in [-0.1, -0.05) is 42.5 Å². The fraction of sp³-hybridized carbons (Fsp3) is 0.115. The van der Waals surface area contributed by atoms with E-state index in [0.717, 1.165) is 17.7 Å². The molecule has 0 fully saturated rings. The van der Waals surface area contributed by atoms with E-state index in [9.17, 15) is 9.59 Å². The highest BCUT2D eigenvalue weighted by Gasteiger charge is 2.24. The van der Waals surface area contributed by atoms with E-state index in [2.05, 4.69) is 22.4 Å². The number of hydrogen-bond donors (Lipinski definition) is 1. The number of carbonyl (C=O) groups excluding carboxylic acids is 2. The smallest absolute Gasteiger partial charge is 0.363 e. The van der Waals surface area contributed by atoms with Gasteiger partial charge < -0.3 is 14.8 Å². The van der Waals surface area contributed by atoms with Crippen molar-refractivity contribution < 1.29 is 19.1 Å². The first-order valence-corrected chi connectivity index (χ1v) is 10.2. The van der Waals surface area contributed by atoms with Crippen molar-refractivity contribution in [2.75, 3.05) is 11.9 Å². The van der Waals surface area contributed by atoms with Crippen molar-refractivity contribution in [2.24, 2.45) is 4.99 Å². The molecule has 1 N–H and O–H groups in total. The summed E-state index contributed by atoms with van der Waals surface area (Å²) in [6, 6.07) is 24.6. The highest BCUT2D eigenvalue weighted by Crippen LogP contribution is 2.21. The van der Waals surface area contributed by atoms with E-state index in [-0.39, 0.29) is 17.5 Å². The third-order valence-electron chi connectivity index (χ3n) is 4.76. The minimum atomic E-state index is -0.505. The molecule has 0 radical (unpaired) electrons. The number of benzene rings is 3. The molecule has 0 spiro atoms. The SMILES string of the molecule is CC(=O)Nc1ccc(C2=N/C(=C\c3ccc(OCCc4ccccc4)cc3)C(=O)O2)cc1. The average Bonchev–Trinajstić information content (AvgIpc) is 3.16. The van der Waals surface area contributed by atoms with Gasteiger partial charge in [-0.15, -0.1) is 0 Å². The predicted octanol–water partition coefficient (Wildman–Crippen LogP) is 4.61. The minimum absolute atomic E-state index is 0.153. The number of aliphatic imine (C=N–C) groups is 1. The van der Waals surface area contributed by atoms with E-state index in [1.807, 2.05) is 42.5 Å². The number of carbonyl (C=O) groups is 2. The number of nitrogens with one attached hydrogen (secondary N) is 1. The van der Waals surface area contributed by atoms with Crippen LogP contribution < -0.4 is 10.1 Å². The van der Waals surface area contributed by atoms with E-state index in [0.29, 0.717) is 17.9 Å². The lowest BCUT2D eigenvalue weighted by Crippen LogP contribution is -2.07. The van der Waals surface area contributed by atoms with E-state index in [1.165, 1.54) is 12.5 Å². The highest BCUT2D eigenvalue weighted by atomic mass is 16.6. The molecule has 3 aromatic rings. The van der Waals surface area contributed by atoms with Gasteiger partial charge >= 0.3 is 5.97 Å². The van der Waals surface area contributed by atoms with Crippen LogP contribution >= 0.6 is 0 Å². The molecule has 160 valence electrons. The van der Waals surface area contributed by atoms with Crippen LogP contribution in [0.3, 0.4) is 0 Å². The van der Waals surface area contributed by atoms with Crippen LogP contribution in [0, 0.1) is 0 Å². The van der Waals surface area contributed by atoms with Crippen LogP contribution in [0.2, 0.25) is 0 Å². The Morgan fingerprint density at radius 3 is 2.41 bits per heavy atom. The molecule has 0 atom stereocenters. The molecule has 0 bridgehead atoms. The predicted molar refractivity (Wildman–Crippen MR) is 123 cm³/mol. The van der Waals surface area contributed by atoms with Gasteiger partial charge in [-0.3, -0.25) is 4.79 Å². The maximum absolute atomic E-state index is 12.2. The number of rotatable bonds is 7. The van der Waals surface area contributed by atoms with Crippen molar-refractivity contribution >= 4 is 29.5 Å². The van der Waals surface area contributed by atoms with Crippen molar-refractivity contribution in [3.63, 3.8) is 0 Å². The van der Waals surface area contributed by atoms with Gasteiger partial charge in [0.15, 0.2) is 5.70 Å². The minimum Gasteiger partial charge on any atom is -0.493 e. The summed E-state index contributed by atoms with van der Waals surface area (Å²) in [4.78, 5) is 27.7. The van der Waals surface area contributed by atoms with Gasteiger partial charge in [0.05, 0.1) is 6.61 Å². The Hall–Kier alpha value is -4.19. The molecule has 0 saturated carbocycles. The summed E-state index contributed by atoms with van der Waals surface area (Å²) in [5.74, 6) is 0.339. The second-order valence-electron chi connectivity index (χ2n) is 7.25. The molecule has 1 amide bonds. The lowest BCUT2D eigenvalue weighted by molar-refractivity contribution is -0.129. The summed E-state index contributed by atoms with van der Waals surface area (Å²) < 4.78 is 11.1. The lowest BCUT2D eigenvalue weighted by atomic mass is 10.1. The van der Waals surface area contributed by atoms with Crippen molar-refractivity contribution in [2.45, 2.75) is 13.3 Å². The third-order valence-corrected chi connectivity index (χ3v) is 4.76. The zero-order valence-electron chi connectivity index (χ0n) is 17.6. The monoisotopic (exact) mass is 426 g/mol. The first-order chi connectivity index (χ1) is 15.6. The van der Waals surface area contributed by atoms with E-state index in [4.69, 9.17) is 9.47 Å². The summed E-state index contributed by atoms with van der Waals surface area (Å²) in [5.41, 5.74) is 3.58. The van der Waals surface area contributed by atoms with Gasteiger partial charge in [0.1, 0.15) is 5.75 Å². The third kappa shape index (κ3) is 5.49. The van der Waals surface area contributed by atoms with Gasteiger partial charge in [0.2, 0.25) is 11.8 Å². The average molecular weight is 426 g/mol. The molecular weight excluding hydrogens is 404 g/mol. The molecule has 0 aromatic heterocycles. The van der Waals surface area contributed by atoms with E-state index in [1.54, 1.807) is 30.3 Å². The number of amides is 1. The molecule has 3 aromatic carbocycles. The Labute approximate surface area is 186 Å².